The number of nitrogens with zero attached hydrogens (tertiary/aromatic N) is 1. The van der Waals surface area contributed by atoms with Crippen LogP contribution in [0.15, 0.2) is 42.5 Å². The van der Waals surface area contributed by atoms with E-state index < -0.39 is 11.7 Å². The Hall–Kier alpha value is -3.02. The molecule has 0 radical (unpaired) electrons. The van der Waals surface area contributed by atoms with E-state index >= 15 is 0 Å². The van der Waals surface area contributed by atoms with Gasteiger partial charge >= 0.3 is 0 Å². The van der Waals surface area contributed by atoms with Crippen LogP contribution in [-0.4, -0.2) is 48.5 Å². The van der Waals surface area contributed by atoms with Crippen LogP contribution in [0.3, 0.4) is 0 Å². The molecule has 1 saturated heterocycles. The zero-order valence-corrected chi connectivity index (χ0v) is 17.6. The second-order valence-corrected chi connectivity index (χ2v) is 8.15. The van der Waals surface area contributed by atoms with Crippen molar-refractivity contribution in [3.63, 3.8) is 0 Å². The molecular formula is C24H27NO5. The SMILES string of the molecule is COc1ccc(OC(C)C(=O)N2CCC3(CC2)CC(=O)c2cc(C)ccc2O3)cc1. The normalized spacial score (nSPS) is 18.4. The average Bonchev–Trinajstić information content (AvgIpc) is 2.75. The van der Waals surface area contributed by atoms with Crippen LogP contribution in [0.2, 0.25) is 0 Å². The molecule has 6 heteroatoms. The molecule has 0 bridgehead atoms. The van der Waals surface area contributed by atoms with E-state index in [-0.39, 0.29) is 11.7 Å². The zero-order valence-electron chi connectivity index (χ0n) is 17.6. The second-order valence-electron chi connectivity index (χ2n) is 8.15. The van der Waals surface area contributed by atoms with E-state index in [9.17, 15) is 9.59 Å². The van der Waals surface area contributed by atoms with Crippen molar-refractivity contribution in [1.29, 1.82) is 0 Å². The highest BCUT2D eigenvalue weighted by atomic mass is 16.5. The standard InChI is InChI=1S/C24H27NO5/c1-16-4-9-22-20(14-16)21(26)15-24(30-22)10-12-25(13-11-24)23(27)17(2)29-19-7-5-18(28-3)6-8-19/h4-9,14,17H,10-13,15H2,1-3H3. The summed E-state index contributed by atoms with van der Waals surface area (Å²) in [4.78, 5) is 27.4. The van der Waals surface area contributed by atoms with Gasteiger partial charge in [0.2, 0.25) is 0 Å². The molecular weight excluding hydrogens is 382 g/mol. The zero-order chi connectivity index (χ0) is 21.3. The van der Waals surface area contributed by atoms with Crippen molar-refractivity contribution >= 4 is 11.7 Å². The lowest BCUT2D eigenvalue weighted by molar-refractivity contribution is -0.141. The second kappa shape index (κ2) is 8.01. The molecule has 1 unspecified atom stereocenters. The molecule has 2 aliphatic heterocycles. The third kappa shape index (κ3) is 3.99. The lowest BCUT2D eigenvalue weighted by atomic mass is 9.82. The maximum atomic E-state index is 12.9. The first-order chi connectivity index (χ1) is 14.4. The van der Waals surface area contributed by atoms with E-state index in [4.69, 9.17) is 14.2 Å². The summed E-state index contributed by atoms with van der Waals surface area (Å²) >= 11 is 0. The van der Waals surface area contributed by atoms with E-state index in [1.807, 2.05) is 25.1 Å². The van der Waals surface area contributed by atoms with Crippen molar-refractivity contribution in [3.05, 3.63) is 53.6 Å². The summed E-state index contributed by atoms with van der Waals surface area (Å²) < 4.78 is 17.2. The number of aryl methyl sites for hydroxylation is 1. The van der Waals surface area contributed by atoms with Crippen LogP contribution in [0.1, 0.15) is 42.1 Å². The highest BCUT2D eigenvalue weighted by Crippen LogP contribution is 2.39. The van der Waals surface area contributed by atoms with Crippen molar-refractivity contribution in [3.8, 4) is 17.2 Å². The number of hydrogen-bond acceptors (Lipinski definition) is 5. The maximum absolute atomic E-state index is 12.9. The van der Waals surface area contributed by atoms with Gasteiger partial charge in [0, 0.05) is 25.9 Å². The minimum atomic E-state index is -0.593. The molecule has 6 nitrogen and oxygen atoms in total. The van der Waals surface area contributed by atoms with Crippen LogP contribution in [0.25, 0.3) is 0 Å². The number of methoxy groups -OCH3 is 1. The van der Waals surface area contributed by atoms with Crippen molar-refractivity contribution < 1.29 is 23.8 Å². The Morgan fingerprint density at radius 1 is 1.10 bits per heavy atom. The Morgan fingerprint density at radius 2 is 1.77 bits per heavy atom. The summed E-state index contributed by atoms with van der Waals surface area (Å²) in [5, 5.41) is 0. The summed E-state index contributed by atoms with van der Waals surface area (Å²) in [6.45, 7) is 4.82. The van der Waals surface area contributed by atoms with Crippen molar-refractivity contribution in [2.45, 2.75) is 44.8 Å². The summed E-state index contributed by atoms with van der Waals surface area (Å²) in [6.07, 6.45) is 1.04. The molecule has 158 valence electrons. The molecule has 0 saturated carbocycles. The fourth-order valence-electron chi connectivity index (χ4n) is 4.19. The monoisotopic (exact) mass is 409 g/mol. The van der Waals surface area contributed by atoms with Crippen molar-refractivity contribution in [2.75, 3.05) is 20.2 Å². The Labute approximate surface area is 176 Å². The number of fused-ring (bicyclic) bond motifs is 1. The molecule has 1 amide bonds. The van der Waals surface area contributed by atoms with Gasteiger partial charge in [-0.25, -0.2) is 0 Å². The molecule has 1 atom stereocenters. The van der Waals surface area contributed by atoms with Gasteiger partial charge in [0.25, 0.3) is 5.91 Å². The van der Waals surface area contributed by atoms with Crippen LogP contribution in [0.5, 0.6) is 17.2 Å². The molecule has 1 fully saturated rings. The van der Waals surface area contributed by atoms with Crippen molar-refractivity contribution in [2.24, 2.45) is 0 Å². The predicted octanol–water partition coefficient (Wildman–Crippen LogP) is 3.80. The van der Waals surface area contributed by atoms with Gasteiger partial charge in [0.05, 0.1) is 19.1 Å². The molecule has 30 heavy (non-hydrogen) atoms. The first-order valence-corrected chi connectivity index (χ1v) is 10.3. The molecule has 2 aromatic rings. The van der Waals surface area contributed by atoms with E-state index in [1.54, 1.807) is 43.2 Å². The molecule has 0 aliphatic carbocycles. The van der Waals surface area contributed by atoms with Gasteiger partial charge in [-0.15, -0.1) is 0 Å². The number of amides is 1. The molecule has 4 rings (SSSR count). The van der Waals surface area contributed by atoms with Gasteiger partial charge in [-0.3, -0.25) is 9.59 Å². The Kier molecular flexibility index (Phi) is 5.41. The van der Waals surface area contributed by atoms with E-state index in [1.165, 1.54) is 0 Å². The smallest absolute Gasteiger partial charge is 0.263 e. The molecule has 1 spiro atoms. The van der Waals surface area contributed by atoms with Crippen molar-refractivity contribution in [1.82, 2.24) is 4.90 Å². The first-order valence-electron chi connectivity index (χ1n) is 10.3. The van der Waals surface area contributed by atoms with E-state index in [0.717, 1.165) is 11.3 Å². The van der Waals surface area contributed by atoms with Crippen LogP contribution in [0.4, 0.5) is 0 Å². The van der Waals surface area contributed by atoms with Gasteiger partial charge in [-0.2, -0.15) is 0 Å². The highest BCUT2D eigenvalue weighted by molar-refractivity contribution is 6.00. The Balaban J connectivity index is 1.37. The number of ketones is 1. The number of hydrogen-bond donors (Lipinski definition) is 0. The largest absolute Gasteiger partial charge is 0.497 e. The minimum Gasteiger partial charge on any atom is -0.497 e. The Bertz CT molecular complexity index is 945. The number of likely N-dealkylation sites (tertiary alicyclic amines) is 1. The number of piperidine rings is 1. The minimum absolute atomic E-state index is 0.0566. The maximum Gasteiger partial charge on any atom is 0.263 e. The predicted molar refractivity (Wildman–Crippen MR) is 112 cm³/mol. The number of benzene rings is 2. The summed E-state index contributed by atoms with van der Waals surface area (Å²) in [7, 11) is 1.61. The molecule has 0 aromatic heterocycles. The summed E-state index contributed by atoms with van der Waals surface area (Å²) in [5.74, 6) is 2.09. The van der Waals surface area contributed by atoms with E-state index in [0.29, 0.717) is 49.4 Å². The van der Waals surface area contributed by atoms with Gasteiger partial charge < -0.3 is 19.1 Å². The number of ether oxygens (including phenoxy) is 3. The lowest BCUT2D eigenvalue weighted by Gasteiger charge is -2.44. The third-order valence-corrected chi connectivity index (χ3v) is 5.95. The lowest BCUT2D eigenvalue weighted by Crippen LogP contribution is -2.54. The quantitative estimate of drug-likeness (QED) is 0.769. The fraction of sp³-hybridized carbons (Fsp3) is 0.417. The summed E-state index contributed by atoms with van der Waals surface area (Å²) in [6, 6.07) is 12.9. The molecule has 2 heterocycles. The van der Waals surface area contributed by atoms with Crippen LogP contribution < -0.4 is 14.2 Å². The Morgan fingerprint density at radius 3 is 2.43 bits per heavy atom. The topological polar surface area (TPSA) is 65.1 Å². The fourth-order valence-corrected chi connectivity index (χ4v) is 4.19. The average molecular weight is 409 g/mol. The molecule has 2 aromatic carbocycles. The van der Waals surface area contributed by atoms with Gasteiger partial charge in [0.1, 0.15) is 22.8 Å². The van der Waals surface area contributed by atoms with Crippen LogP contribution in [-0.2, 0) is 4.79 Å². The number of Topliss-reactive ketones (excluding diaryl/α,β-unsaturated/α-hetero) is 1. The van der Waals surface area contributed by atoms with E-state index in [2.05, 4.69) is 0 Å². The number of carbonyl (C=O) groups is 2. The number of rotatable bonds is 4. The highest BCUT2D eigenvalue weighted by Gasteiger charge is 2.44. The van der Waals surface area contributed by atoms with Gasteiger partial charge in [-0.1, -0.05) is 11.6 Å². The van der Waals surface area contributed by atoms with Crippen LogP contribution >= 0.6 is 0 Å². The van der Waals surface area contributed by atoms with Gasteiger partial charge in [0.15, 0.2) is 11.9 Å². The molecule has 2 aliphatic rings. The van der Waals surface area contributed by atoms with Gasteiger partial charge in [-0.05, 0) is 50.2 Å². The first kappa shape index (κ1) is 20.3. The summed E-state index contributed by atoms with van der Waals surface area (Å²) in [5.41, 5.74) is 1.20. The number of carbonyl (C=O) groups excluding carboxylic acids is 2. The molecule has 0 N–H and O–H groups in total. The van der Waals surface area contributed by atoms with Crippen LogP contribution in [0, 0.1) is 6.92 Å². The third-order valence-electron chi connectivity index (χ3n) is 5.95.